The van der Waals surface area contributed by atoms with E-state index < -0.39 is 0 Å². The van der Waals surface area contributed by atoms with E-state index in [4.69, 9.17) is 0 Å². The second kappa shape index (κ2) is 7.99. The van der Waals surface area contributed by atoms with Gasteiger partial charge in [-0.1, -0.05) is 6.07 Å². The summed E-state index contributed by atoms with van der Waals surface area (Å²) in [6.45, 7) is 6.37. The smallest absolute Gasteiger partial charge is 0.107 e. The van der Waals surface area contributed by atoms with Gasteiger partial charge in [0.1, 0.15) is 5.01 Å². The van der Waals surface area contributed by atoms with Crippen LogP contribution in [0.5, 0.6) is 0 Å². The Morgan fingerprint density at radius 2 is 2.22 bits per heavy atom. The average molecular weight is 331 g/mol. The van der Waals surface area contributed by atoms with Crippen LogP contribution in [-0.2, 0) is 13.1 Å². The van der Waals surface area contributed by atoms with Crippen LogP contribution in [0.3, 0.4) is 0 Å². The minimum absolute atomic E-state index is 0.653. The Morgan fingerprint density at radius 1 is 1.30 bits per heavy atom. The van der Waals surface area contributed by atoms with Crippen LogP contribution in [0.4, 0.5) is 0 Å². The van der Waals surface area contributed by atoms with Gasteiger partial charge in [-0.3, -0.25) is 14.8 Å². The Balaban J connectivity index is 1.51. The summed E-state index contributed by atoms with van der Waals surface area (Å²) < 4.78 is 0. The van der Waals surface area contributed by atoms with E-state index in [1.165, 1.54) is 30.8 Å². The number of thiazole rings is 1. The second-order valence-corrected chi connectivity index (χ2v) is 7.42. The van der Waals surface area contributed by atoms with Crippen molar-refractivity contribution in [1.29, 1.82) is 0 Å². The van der Waals surface area contributed by atoms with E-state index >= 15 is 0 Å². The summed E-state index contributed by atoms with van der Waals surface area (Å²) in [6, 6.07) is 6.82. The van der Waals surface area contributed by atoms with Gasteiger partial charge in [0.05, 0.1) is 12.2 Å². The predicted octanol–water partition coefficient (Wildman–Crippen LogP) is 3.33. The summed E-state index contributed by atoms with van der Waals surface area (Å²) in [5.74, 6) is 0. The summed E-state index contributed by atoms with van der Waals surface area (Å²) in [7, 11) is 2.24. The number of pyridine rings is 1. The van der Waals surface area contributed by atoms with Crippen LogP contribution < -0.4 is 0 Å². The summed E-state index contributed by atoms with van der Waals surface area (Å²) in [6.07, 6.45) is 5.65. The first-order valence-corrected chi connectivity index (χ1v) is 9.32. The lowest BCUT2D eigenvalue weighted by molar-refractivity contribution is 0.204. The van der Waals surface area contributed by atoms with Crippen molar-refractivity contribution in [3.63, 3.8) is 0 Å². The molecule has 0 radical (unpaired) electrons. The number of aryl methyl sites for hydroxylation is 1. The minimum Gasteiger partial charge on any atom is -0.298 e. The number of likely N-dealkylation sites (tertiary alicyclic amines) is 1. The Labute approximate surface area is 143 Å². The van der Waals surface area contributed by atoms with E-state index in [1.54, 1.807) is 11.3 Å². The summed E-state index contributed by atoms with van der Waals surface area (Å²) >= 11 is 1.79. The Hall–Kier alpha value is -1.30. The van der Waals surface area contributed by atoms with Crippen LogP contribution in [0.15, 0.2) is 29.8 Å². The highest BCUT2D eigenvalue weighted by Gasteiger charge is 2.21. The van der Waals surface area contributed by atoms with Gasteiger partial charge in [-0.2, -0.15) is 0 Å². The molecule has 124 valence electrons. The van der Waals surface area contributed by atoms with Gasteiger partial charge in [-0.15, -0.1) is 11.3 Å². The molecule has 0 unspecified atom stereocenters. The monoisotopic (exact) mass is 330 g/mol. The molecular weight excluding hydrogens is 304 g/mol. The molecule has 4 nitrogen and oxygen atoms in total. The predicted molar refractivity (Wildman–Crippen MR) is 95.5 cm³/mol. The molecule has 2 aromatic rings. The molecule has 3 rings (SSSR count). The maximum atomic E-state index is 4.60. The Bertz CT molecular complexity index is 598. The van der Waals surface area contributed by atoms with Crippen LogP contribution in [-0.4, -0.2) is 45.9 Å². The van der Waals surface area contributed by atoms with Crippen LogP contribution in [0.25, 0.3) is 0 Å². The van der Waals surface area contributed by atoms with Crippen molar-refractivity contribution in [1.82, 2.24) is 19.8 Å². The molecule has 0 spiro atoms. The number of hydrogen-bond acceptors (Lipinski definition) is 5. The van der Waals surface area contributed by atoms with Gasteiger partial charge >= 0.3 is 0 Å². The summed E-state index contributed by atoms with van der Waals surface area (Å²) in [5.41, 5.74) is 2.31. The fourth-order valence-corrected chi connectivity index (χ4v) is 4.09. The molecule has 1 aliphatic rings. The number of hydrogen-bond donors (Lipinski definition) is 0. The zero-order valence-corrected chi connectivity index (χ0v) is 14.9. The zero-order chi connectivity index (χ0) is 16.1. The first-order chi connectivity index (χ1) is 11.2. The molecular formula is C18H26N4S. The first kappa shape index (κ1) is 16.6. The molecule has 0 saturated carbocycles. The zero-order valence-electron chi connectivity index (χ0n) is 14.1. The number of rotatable bonds is 5. The van der Waals surface area contributed by atoms with Gasteiger partial charge in [0.25, 0.3) is 0 Å². The fraction of sp³-hybridized carbons (Fsp3) is 0.556. The van der Waals surface area contributed by atoms with Gasteiger partial charge in [0.15, 0.2) is 0 Å². The summed E-state index contributed by atoms with van der Waals surface area (Å²) in [4.78, 5) is 14.1. The second-order valence-electron chi connectivity index (χ2n) is 6.48. The Morgan fingerprint density at radius 3 is 2.96 bits per heavy atom. The highest BCUT2D eigenvalue weighted by Crippen LogP contribution is 2.20. The largest absolute Gasteiger partial charge is 0.298 e. The highest BCUT2D eigenvalue weighted by molar-refractivity contribution is 7.09. The minimum atomic E-state index is 0.653. The molecule has 2 aromatic heterocycles. The average Bonchev–Trinajstić information content (AvgIpc) is 2.82. The topological polar surface area (TPSA) is 32.3 Å². The molecule has 23 heavy (non-hydrogen) atoms. The quantitative estimate of drug-likeness (QED) is 0.842. The van der Waals surface area contributed by atoms with E-state index in [1.807, 2.05) is 12.3 Å². The molecule has 1 saturated heterocycles. The van der Waals surface area contributed by atoms with Gasteiger partial charge in [-0.05, 0) is 51.9 Å². The van der Waals surface area contributed by atoms with Crippen molar-refractivity contribution in [2.24, 2.45) is 0 Å². The third-order valence-electron chi connectivity index (χ3n) is 4.58. The normalized spacial score (nSPS) is 19.9. The molecule has 0 amide bonds. The van der Waals surface area contributed by atoms with E-state index in [9.17, 15) is 0 Å². The van der Waals surface area contributed by atoms with Crippen molar-refractivity contribution in [3.05, 3.63) is 46.2 Å². The molecule has 0 bridgehead atoms. The maximum Gasteiger partial charge on any atom is 0.107 e. The molecule has 0 N–H and O–H groups in total. The maximum absolute atomic E-state index is 4.60. The standard InChI is InChI=1S/C18H26N4S/c1-15-14-23-18(20-15)13-22-10-5-7-17(8-11-22)21(2)12-16-6-3-4-9-19-16/h3-4,6,9,14,17H,5,7-8,10-13H2,1-2H3/t17-/m0/s1. The van der Waals surface area contributed by atoms with Crippen LogP contribution in [0.1, 0.15) is 35.7 Å². The molecule has 5 heteroatoms. The van der Waals surface area contributed by atoms with Crippen molar-refractivity contribution in [2.75, 3.05) is 20.1 Å². The number of aromatic nitrogens is 2. The van der Waals surface area contributed by atoms with Crippen molar-refractivity contribution in [2.45, 2.75) is 45.3 Å². The van der Waals surface area contributed by atoms with Gasteiger partial charge in [0, 0.05) is 36.4 Å². The molecule has 3 heterocycles. The number of nitrogens with zero attached hydrogens (tertiary/aromatic N) is 4. The molecule has 0 aliphatic carbocycles. The van der Waals surface area contributed by atoms with Crippen LogP contribution in [0.2, 0.25) is 0 Å². The lowest BCUT2D eigenvalue weighted by Gasteiger charge is -2.27. The summed E-state index contributed by atoms with van der Waals surface area (Å²) in [5, 5.41) is 3.40. The Kier molecular flexibility index (Phi) is 5.75. The van der Waals surface area contributed by atoms with Crippen molar-refractivity contribution in [3.8, 4) is 0 Å². The molecule has 0 aromatic carbocycles. The van der Waals surface area contributed by atoms with Crippen molar-refractivity contribution >= 4 is 11.3 Å². The van der Waals surface area contributed by atoms with E-state index in [0.717, 1.165) is 31.0 Å². The third kappa shape index (κ3) is 4.83. The van der Waals surface area contributed by atoms with Crippen LogP contribution in [0, 0.1) is 6.92 Å². The first-order valence-electron chi connectivity index (χ1n) is 8.44. The van der Waals surface area contributed by atoms with E-state index in [2.05, 4.69) is 51.3 Å². The van der Waals surface area contributed by atoms with Crippen LogP contribution >= 0.6 is 11.3 Å². The SMILES string of the molecule is Cc1csc(CN2CCC[C@H](N(C)Cc3ccccn3)CC2)n1. The highest BCUT2D eigenvalue weighted by atomic mass is 32.1. The lowest BCUT2D eigenvalue weighted by atomic mass is 10.1. The molecule has 1 fully saturated rings. The molecule has 1 aliphatic heterocycles. The fourth-order valence-electron chi connectivity index (χ4n) is 3.28. The lowest BCUT2D eigenvalue weighted by Crippen LogP contribution is -2.32. The molecule has 1 atom stereocenters. The van der Waals surface area contributed by atoms with Gasteiger partial charge < -0.3 is 0 Å². The van der Waals surface area contributed by atoms with Crippen molar-refractivity contribution < 1.29 is 0 Å². The van der Waals surface area contributed by atoms with Gasteiger partial charge in [0.2, 0.25) is 0 Å². The third-order valence-corrected chi connectivity index (χ3v) is 5.53. The van der Waals surface area contributed by atoms with E-state index in [0.29, 0.717) is 6.04 Å². The van der Waals surface area contributed by atoms with E-state index in [-0.39, 0.29) is 0 Å². The van der Waals surface area contributed by atoms with Gasteiger partial charge in [-0.25, -0.2) is 4.98 Å².